The fourth-order valence-electron chi connectivity index (χ4n) is 1.81. The lowest BCUT2D eigenvalue weighted by Gasteiger charge is -2.07. The Labute approximate surface area is 114 Å². The molecule has 0 unspecified atom stereocenters. The number of nitrogens with one attached hydrogen (secondary N) is 1. The Bertz CT molecular complexity index is 637. The monoisotopic (exact) mass is 277 g/mol. The molecule has 0 bridgehead atoms. The number of carboxylic acids is 1. The minimum atomic E-state index is -0.826. The molecule has 0 saturated heterocycles. The van der Waals surface area contributed by atoms with Gasteiger partial charge in [-0.25, -0.2) is 9.50 Å². The van der Waals surface area contributed by atoms with Crippen molar-refractivity contribution in [3.63, 3.8) is 0 Å². The molecule has 0 fully saturated rings. The summed E-state index contributed by atoms with van der Waals surface area (Å²) in [6, 6.07) is 0. The molecular weight excluding hydrogens is 262 g/mol. The summed E-state index contributed by atoms with van der Waals surface area (Å²) in [4.78, 5) is 30.3. The summed E-state index contributed by atoms with van der Waals surface area (Å²) >= 11 is 0. The van der Waals surface area contributed by atoms with Crippen molar-refractivity contribution < 1.29 is 14.7 Å². The van der Waals surface area contributed by atoms with Crippen LogP contribution in [0.5, 0.6) is 0 Å². The summed E-state index contributed by atoms with van der Waals surface area (Å²) in [5.74, 6) is -0.628. The number of hydrogen-bond acceptors (Lipinski definition) is 5. The Morgan fingerprint density at radius 1 is 1.35 bits per heavy atom. The maximum Gasteiger partial charge on any atom is 0.303 e. The number of nitrogens with zero attached hydrogens (tertiary/aromatic N) is 4. The van der Waals surface area contributed by atoms with Crippen molar-refractivity contribution in [2.24, 2.45) is 0 Å². The van der Waals surface area contributed by atoms with Gasteiger partial charge >= 0.3 is 5.97 Å². The summed E-state index contributed by atoms with van der Waals surface area (Å²) in [7, 11) is 0. The predicted octanol–water partition coefficient (Wildman–Crippen LogP) is 0.417. The maximum atomic E-state index is 12.0. The van der Waals surface area contributed by atoms with Crippen molar-refractivity contribution in [2.75, 3.05) is 6.54 Å². The van der Waals surface area contributed by atoms with Crippen molar-refractivity contribution in [1.29, 1.82) is 0 Å². The summed E-state index contributed by atoms with van der Waals surface area (Å²) in [5.41, 5.74) is 1.09. The van der Waals surface area contributed by atoms with Gasteiger partial charge in [-0.3, -0.25) is 9.59 Å². The average Bonchev–Trinajstić information content (AvgIpc) is 2.87. The molecule has 2 aromatic rings. The number of rotatable bonds is 6. The van der Waals surface area contributed by atoms with Gasteiger partial charge in [-0.05, 0) is 19.8 Å². The van der Waals surface area contributed by atoms with Crippen LogP contribution in [0.25, 0.3) is 5.78 Å². The fourth-order valence-corrected chi connectivity index (χ4v) is 1.81. The third-order valence-corrected chi connectivity index (χ3v) is 2.89. The van der Waals surface area contributed by atoms with Crippen molar-refractivity contribution >= 4 is 17.7 Å². The Morgan fingerprint density at radius 2 is 2.15 bits per heavy atom. The quantitative estimate of drug-likeness (QED) is 0.740. The van der Waals surface area contributed by atoms with Gasteiger partial charge < -0.3 is 10.4 Å². The molecule has 0 atom stereocenters. The number of aryl methyl sites for hydroxylation is 1. The van der Waals surface area contributed by atoms with E-state index in [1.807, 2.05) is 0 Å². The van der Waals surface area contributed by atoms with Crippen molar-refractivity contribution in [2.45, 2.75) is 26.2 Å². The molecule has 2 N–H and O–H groups in total. The molecule has 0 aliphatic rings. The molecule has 2 heterocycles. The van der Waals surface area contributed by atoms with Crippen LogP contribution in [-0.4, -0.2) is 43.1 Å². The van der Waals surface area contributed by atoms with Crippen LogP contribution in [0.4, 0.5) is 0 Å². The molecule has 0 saturated carbocycles. The predicted molar refractivity (Wildman–Crippen MR) is 69.3 cm³/mol. The van der Waals surface area contributed by atoms with Crippen LogP contribution in [0, 0.1) is 6.92 Å². The molecule has 1 amide bonds. The third kappa shape index (κ3) is 3.08. The number of fused-ring (bicyclic) bond motifs is 1. The van der Waals surface area contributed by atoms with E-state index in [-0.39, 0.29) is 12.3 Å². The Morgan fingerprint density at radius 3 is 2.90 bits per heavy atom. The van der Waals surface area contributed by atoms with Crippen molar-refractivity contribution in [3.05, 3.63) is 23.8 Å². The fraction of sp³-hybridized carbons (Fsp3) is 0.417. The van der Waals surface area contributed by atoms with Gasteiger partial charge in [0.15, 0.2) is 0 Å². The molecule has 0 aliphatic carbocycles. The number of aliphatic carboxylic acids is 1. The molecule has 2 rings (SSSR count). The largest absolute Gasteiger partial charge is 0.481 e. The van der Waals surface area contributed by atoms with E-state index in [9.17, 15) is 9.59 Å². The Hall–Kier alpha value is -2.51. The lowest BCUT2D eigenvalue weighted by Crippen LogP contribution is -2.26. The first-order valence-corrected chi connectivity index (χ1v) is 6.25. The summed E-state index contributed by atoms with van der Waals surface area (Å²) in [6.07, 6.45) is 4.11. The third-order valence-electron chi connectivity index (χ3n) is 2.89. The lowest BCUT2D eigenvalue weighted by atomic mass is 10.2. The first kappa shape index (κ1) is 13.9. The van der Waals surface area contributed by atoms with E-state index in [1.54, 1.807) is 6.92 Å². The summed E-state index contributed by atoms with van der Waals surface area (Å²) < 4.78 is 1.50. The van der Waals surface area contributed by atoms with E-state index in [2.05, 4.69) is 20.4 Å². The highest BCUT2D eigenvalue weighted by molar-refractivity contribution is 5.95. The molecule has 0 aromatic carbocycles. The number of carbonyl (C=O) groups is 2. The smallest absolute Gasteiger partial charge is 0.303 e. The van der Waals surface area contributed by atoms with Gasteiger partial charge in [0, 0.05) is 19.2 Å². The highest BCUT2D eigenvalue weighted by atomic mass is 16.4. The minimum absolute atomic E-state index is 0.112. The van der Waals surface area contributed by atoms with Crippen LogP contribution in [0.1, 0.15) is 35.3 Å². The van der Waals surface area contributed by atoms with Crippen LogP contribution >= 0.6 is 0 Å². The molecule has 8 nitrogen and oxygen atoms in total. The maximum absolute atomic E-state index is 12.0. The SMILES string of the molecule is Cc1c(C(=O)NCCCCC(=O)O)cnc2ncnn12. The molecule has 8 heteroatoms. The van der Waals surface area contributed by atoms with Crippen LogP contribution < -0.4 is 5.32 Å². The zero-order valence-corrected chi connectivity index (χ0v) is 11.0. The van der Waals surface area contributed by atoms with Gasteiger partial charge in [-0.1, -0.05) is 0 Å². The molecule has 20 heavy (non-hydrogen) atoms. The zero-order valence-electron chi connectivity index (χ0n) is 11.0. The van der Waals surface area contributed by atoms with Gasteiger partial charge in [0.05, 0.1) is 11.3 Å². The first-order valence-electron chi connectivity index (χ1n) is 6.25. The number of unbranched alkanes of at least 4 members (excludes halogenated alkanes) is 1. The first-order chi connectivity index (χ1) is 9.59. The molecule has 0 radical (unpaired) electrons. The van der Waals surface area contributed by atoms with Gasteiger partial charge in [-0.2, -0.15) is 10.1 Å². The lowest BCUT2D eigenvalue weighted by molar-refractivity contribution is -0.137. The minimum Gasteiger partial charge on any atom is -0.481 e. The van der Waals surface area contributed by atoms with E-state index in [4.69, 9.17) is 5.11 Å². The van der Waals surface area contributed by atoms with Crippen LogP contribution in [0.2, 0.25) is 0 Å². The molecular formula is C12H15N5O3. The Balaban J connectivity index is 1.94. The number of carbonyl (C=O) groups excluding carboxylic acids is 1. The molecule has 2 aromatic heterocycles. The highest BCUT2D eigenvalue weighted by Crippen LogP contribution is 2.07. The van der Waals surface area contributed by atoms with E-state index in [0.717, 1.165) is 0 Å². The van der Waals surface area contributed by atoms with Gasteiger partial charge in [0.2, 0.25) is 0 Å². The Kier molecular flexibility index (Phi) is 4.24. The second kappa shape index (κ2) is 6.09. The van der Waals surface area contributed by atoms with Crippen molar-refractivity contribution in [3.8, 4) is 0 Å². The van der Waals surface area contributed by atoms with E-state index in [1.165, 1.54) is 17.0 Å². The van der Waals surface area contributed by atoms with Crippen LogP contribution in [-0.2, 0) is 4.79 Å². The van der Waals surface area contributed by atoms with Crippen LogP contribution in [0.15, 0.2) is 12.5 Å². The number of carboxylic acid groups (broad SMARTS) is 1. The average molecular weight is 277 g/mol. The molecule has 0 aliphatic heterocycles. The normalized spacial score (nSPS) is 10.7. The van der Waals surface area contributed by atoms with Gasteiger partial charge in [-0.15, -0.1) is 0 Å². The van der Waals surface area contributed by atoms with Crippen molar-refractivity contribution in [1.82, 2.24) is 24.9 Å². The molecule has 106 valence electrons. The zero-order chi connectivity index (χ0) is 14.5. The van der Waals surface area contributed by atoms with Gasteiger partial charge in [0.1, 0.15) is 6.33 Å². The molecule has 0 spiro atoms. The standard InChI is InChI=1S/C12H15N5O3/c1-8-9(6-14-12-15-7-16-17(8)12)11(20)13-5-3-2-4-10(18)19/h6-7H,2-5H2,1H3,(H,13,20)(H,18,19). The van der Waals surface area contributed by atoms with Crippen LogP contribution in [0.3, 0.4) is 0 Å². The number of amides is 1. The second-order valence-electron chi connectivity index (χ2n) is 4.34. The van der Waals surface area contributed by atoms with E-state index < -0.39 is 5.97 Å². The van der Waals surface area contributed by atoms with E-state index in [0.29, 0.717) is 36.4 Å². The number of hydrogen-bond donors (Lipinski definition) is 2. The van der Waals surface area contributed by atoms with Gasteiger partial charge in [0.25, 0.3) is 11.7 Å². The summed E-state index contributed by atoms with van der Waals surface area (Å²) in [5, 5.41) is 15.2. The highest BCUT2D eigenvalue weighted by Gasteiger charge is 2.13. The van der Waals surface area contributed by atoms with E-state index >= 15 is 0 Å². The summed E-state index contributed by atoms with van der Waals surface area (Å²) in [6.45, 7) is 2.20. The number of aromatic nitrogens is 4. The topological polar surface area (TPSA) is 109 Å². The second-order valence-corrected chi connectivity index (χ2v) is 4.34.